The van der Waals surface area contributed by atoms with Gasteiger partial charge >= 0.3 is 0 Å². The maximum atomic E-state index is 12.5. The predicted molar refractivity (Wildman–Crippen MR) is 74.3 cm³/mol. The van der Waals surface area contributed by atoms with Gasteiger partial charge < -0.3 is 4.90 Å². The van der Waals surface area contributed by atoms with E-state index in [2.05, 4.69) is 20.8 Å². The van der Waals surface area contributed by atoms with Crippen LogP contribution in [0.1, 0.15) is 57.8 Å². The fraction of sp³-hybridized carbons (Fsp3) is 0.929. The van der Waals surface area contributed by atoms with Crippen LogP contribution in [0.15, 0.2) is 0 Å². The standard InChI is InChI=1S/C14H24BrNO/c15-10-4-8-13-9-5-11-16(13)14(17)12-6-2-1-3-7-12/h12-13H,1-11H2. The highest BCUT2D eigenvalue weighted by atomic mass is 79.9. The molecule has 0 N–H and O–H groups in total. The fourth-order valence-electron chi connectivity index (χ4n) is 3.32. The van der Waals surface area contributed by atoms with E-state index in [1.807, 2.05) is 0 Å². The zero-order valence-electron chi connectivity index (χ0n) is 10.7. The second-order valence-corrected chi connectivity index (χ2v) is 6.29. The van der Waals surface area contributed by atoms with Crippen LogP contribution in [0.3, 0.4) is 0 Å². The van der Waals surface area contributed by atoms with Gasteiger partial charge in [-0.05, 0) is 38.5 Å². The Balaban J connectivity index is 1.88. The minimum Gasteiger partial charge on any atom is -0.339 e. The lowest BCUT2D eigenvalue weighted by Crippen LogP contribution is -2.40. The average molecular weight is 302 g/mol. The third-order valence-electron chi connectivity index (χ3n) is 4.29. The van der Waals surface area contributed by atoms with Crippen molar-refractivity contribution in [2.75, 3.05) is 11.9 Å². The zero-order valence-corrected chi connectivity index (χ0v) is 12.3. The van der Waals surface area contributed by atoms with Gasteiger partial charge in [-0.1, -0.05) is 35.2 Å². The summed E-state index contributed by atoms with van der Waals surface area (Å²) < 4.78 is 0. The molecule has 0 aromatic heterocycles. The molecule has 2 nitrogen and oxygen atoms in total. The van der Waals surface area contributed by atoms with Gasteiger partial charge in [0, 0.05) is 23.8 Å². The van der Waals surface area contributed by atoms with Gasteiger partial charge in [0.25, 0.3) is 0 Å². The maximum absolute atomic E-state index is 12.5. The van der Waals surface area contributed by atoms with Crippen molar-refractivity contribution in [3.63, 3.8) is 0 Å². The van der Waals surface area contributed by atoms with Crippen molar-refractivity contribution < 1.29 is 4.79 Å². The third kappa shape index (κ3) is 3.46. The van der Waals surface area contributed by atoms with E-state index in [-0.39, 0.29) is 0 Å². The summed E-state index contributed by atoms with van der Waals surface area (Å²) in [6.45, 7) is 1.02. The monoisotopic (exact) mass is 301 g/mol. The minimum atomic E-state index is 0.355. The van der Waals surface area contributed by atoms with Gasteiger partial charge in [-0.2, -0.15) is 0 Å². The second kappa shape index (κ2) is 6.77. The molecule has 17 heavy (non-hydrogen) atoms. The zero-order chi connectivity index (χ0) is 12.1. The highest BCUT2D eigenvalue weighted by molar-refractivity contribution is 9.09. The number of hydrogen-bond donors (Lipinski definition) is 0. The molecule has 1 heterocycles. The number of likely N-dealkylation sites (tertiary alicyclic amines) is 1. The Kier molecular flexibility index (Phi) is 5.33. The quantitative estimate of drug-likeness (QED) is 0.725. The Labute approximate surface area is 113 Å². The lowest BCUT2D eigenvalue weighted by Gasteiger charge is -2.30. The number of alkyl halides is 1. The first-order valence-corrected chi connectivity index (χ1v) is 8.31. The van der Waals surface area contributed by atoms with E-state index < -0.39 is 0 Å². The van der Waals surface area contributed by atoms with Crippen molar-refractivity contribution in [3.05, 3.63) is 0 Å². The van der Waals surface area contributed by atoms with Gasteiger partial charge in [-0.25, -0.2) is 0 Å². The van der Waals surface area contributed by atoms with Crippen molar-refractivity contribution in [1.82, 2.24) is 4.90 Å². The molecule has 0 aromatic carbocycles. The first-order chi connectivity index (χ1) is 8.33. The number of hydrogen-bond acceptors (Lipinski definition) is 1. The molecule has 1 aliphatic heterocycles. The third-order valence-corrected chi connectivity index (χ3v) is 4.85. The van der Waals surface area contributed by atoms with E-state index in [0.717, 1.165) is 24.7 Å². The van der Waals surface area contributed by atoms with Crippen LogP contribution < -0.4 is 0 Å². The Hall–Kier alpha value is -0.0500. The van der Waals surface area contributed by atoms with Gasteiger partial charge in [-0.3, -0.25) is 4.79 Å². The number of amides is 1. The summed E-state index contributed by atoms with van der Waals surface area (Å²) in [7, 11) is 0. The number of nitrogens with zero attached hydrogens (tertiary/aromatic N) is 1. The van der Waals surface area contributed by atoms with Gasteiger partial charge in [-0.15, -0.1) is 0 Å². The van der Waals surface area contributed by atoms with E-state index in [9.17, 15) is 4.79 Å². The Bertz CT molecular complexity index is 251. The SMILES string of the molecule is O=C(C1CCCCC1)N1CCCC1CCCBr. The normalized spacial score (nSPS) is 26.4. The van der Waals surface area contributed by atoms with E-state index >= 15 is 0 Å². The summed E-state index contributed by atoms with van der Waals surface area (Å²) in [5.74, 6) is 0.829. The molecule has 0 aromatic rings. The van der Waals surface area contributed by atoms with Crippen LogP contribution in [-0.2, 0) is 4.79 Å². The predicted octanol–water partition coefficient (Wildman–Crippen LogP) is 3.73. The Morgan fingerprint density at radius 2 is 1.88 bits per heavy atom. The first kappa shape index (κ1) is 13.4. The molecule has 1 saturated carbocycles. The van der Waals surface area contributed by atoms with Crippen LogP contribution in [0.5, 0.6) is 0 Å². The van der Waals surface area contributed by atoms with Crippen molar-refractivity contribution in [3.8, 4) is 0 Å². The molecule has 3 heteroatoms. The molecular formula is C14H24BrNO. The van der Waals surface area contributed by atoms with E-state index in [0.29, 0.717) is 17.9 Å². The number of rotatable bonds is 4. The molecule has 1 saturated heterocycles. The molecule has 98 valence electrons. The molecule has 1 unspecified atom stereocenters. The number of halogens is 1. The Morgan fingerprint density at radius 3 is 2.59 bits per heavy atom. The molecule has 1 aliphatic carbocycles. The fourth-order valence-corrected chi connectivity index (χ4v) is 3.65. The van der Waals surface area contributed by atoms with Crippen molar-refractivity contribution in [2.45, 2.75) is 63.8 Å². The molecule has 1 amide bonds. The largest absolute Gasteiger partial charge is 0.339 e. The number of carbonyl (C=O) groups excluding carboxylic acids is 1. The van der Waals surface area contributed by atoms with Crippen LogP contribution in [0.2, 0.25) is 0 Å². The molecule has 0 radical (unpaired) electrons. The van der Waals surface area contributed by atoms with E-state index in [1.54, 1.807) is 0 Å². The summed E-state index contributed by atoms with van der Waals surface area (Å²) in [4.78, 5) is 14.7. The highest BCUT2D eigenvalue weighted by Gasteiger charge is 2.32. The van der Waals surface area contributed by atoms with Crippen LogP contribution in [-0.4, -0.2) is 28.7 Å². The average Bonchev–Trinajstić information content (AvgIpc) is 2.84. The topological polar surface area (TPSA) is 20.3 Å². The highest BCUT2D eigenvalue weighted by Crippen LogP contribution is 2.30. The lowest BCUT2D eigenvalue weighted by molar-refractivity contribution is -0.137. The summed E-state index contributed by atoms with van der Waals surface area (Å²) in [5.41, 5.74) is 0. The smallest absolute Gasteiger partial charge is 0.225 e. The van der Waals surface area contributed by atoms with E-state index in [1.165, 1.54) is 44.9 Å². The molecule has 2 rings (SSSR count). The van der Waals surface area contributed by atoms with Crippen molar-refractivity contribution >= 4 is 21.8 Å². The van der Waals surface area contributed by atoms with Gasteiger partial charge in [0.15, 0.2) is 0 Å². The van der Waals surface area contributed by atoms with Crippen LogP contribution in [0.4, 0.5) is 0 Å². The van der Waals surface area contributed by atoms with Gasteiger partial charge in [0.2, 0.25) is 5.91 Å². The van der Waals surface area contributed by atoms with Crippen LogP contribution in [0.25, 0.3) is 0 Å². The maximum Gasteiger partial charge on any atom is 0.225 e. The minimum absolute atomic E-state index is 0.355. The lowest BCUT2D eigenvalue weighted by atomic mass is 9.88. The molecule has 0 spiro atoms. The summed E-state index contributed by atoms with van der Waals surface area (Å²) in [6.07, 6.45) is 10.9. The van der Waals surface area contributed by atoms with E-state index in [4.69, 9.17) is 0 Å². The summed E-state index contributed by atoms with van der Waals surface area (Å²) >= 11 is 3.49. The first-order valence-electron chi connectivity index (χ1n) is 7.19. The summed E-state index contributed by atoms with van der Waals surface area (Å²) in [6, 6.07) is 0.543. The van der Waals surface area contributed by atoms with Gasteiger partial charge in [0.1, 0.15) is 0 Å². The van der Waals surface area contributed by atoms with Crippen LogP contribution in [0, 0.1) is 5.92 Å². The van der Waals surface area contributed by atoms with Crippen LogP contribution >= 0.6 is 15.9 Å². The molecule has 0 bridgehead atoms. The Morgan fingerprint density at radius 1 is 1.12 bits per heavy atom. The molecular weight excluding hydrogens is 278 g/mol. The van der Waals surface area contributed by atoms with Crippen molar-refractivity contribution in [2.24, 2.45) is 5.92 Å². The second-order valence-electron chi connectivity index (χ2n) is 5.49. The van der Waals surface area contributed by atoms with Gasteiger partial charge in [0.05, 0.1) is 0 Å². The summed E-state index contributed by atoms with van der Waals surface area (Å²) in [5, 5.41) is 1.06. The molecule has 1 atom stereocenters. The van der Waals surface area contributed by atoms with Crippen molar-refractivity contribution in [1.29, 1.82) is 0 Å². The molecule has 2 aliphatic rings. The number of carbonyl (C=O) groups is 1. The molecule has 2 fully saturated rings.